The summed E-state index contributed by atoms with van der Waals surface area (Å²) in [6.45, 7) is 6.19. The maximum Gasteiger partial charge on any atom is 0.230 e. The third-order valence-corrected chi connectivity index (χ3v) is 4.50. The molecule has 0 fully saturated rings. The lowest BCUT2D eigenvalue weighted by Crippen LogP contribution is -2.14. The smallest absolute Gasteiger partial charge is 0.230 e. The standard InChI is InChI=1S/C17H19N3OS/c1-10(2)15-9-22-17(19-15)20-16(21)8-13-11(3)18-14-7-5-4-6-12(13)14/h4-7,9-10,18H,8H2,1-3H3,(H,19,20,21). The monoisotopic (exact) mass is 313 g/mol. The third-order valence-electron chi connectivity index (χ3n) is 3.72. The van der Waals surface area contributed by atoms with Gasteiger partial charge < -0.3 is 10.3 Å². The van der Waals surface area contributed by atoms with Crippen molar-refractivity contribution in [1.82, 2.24) is 9.97 Å². The fourth-order valence-corrected chi connectivity index (χ4v) is 3.38. The van der Waals surface area contributed by atoms with Gasteiger partial charge in [0.05, 0.1) is 12.1 Å². The van der Waals surface area contributed by atoms with Gasteiger partial charge in [0.15, 0.2) is 5.13 Å². The van der Waals surface area contributed by atoms with Crippen molar-refractivity contribution in [1.29, 1.82) is 0 Å². The molecule has 3 aromatic rings. The number of carbonyl (C=O) groups is 1. The summed E-state index contributed by atoms with van der Waals surface area (Å²) >= 11 is 1.48. The van der Waals surface area contributed by atoms with Gasteiger partial charge in [-0.1, -0.05) is 32.0 Å². The van der Waals surface area contributed by atoms with Crippen LogP contribution in [0.2, 0.25) is 0 Å². The van der Waals surface area contributed by atoms with E-state index in [4.69, 9.17) is 0 Å². The number of aromatic nitrogens is 2. The number of hydrogen-bond acceptors (Lipinski definition) is 3. The van der Waals surface area contributed by atoms with Crippen LogP contribution < -0.4 is 5.32 Å². The predicted molar refractivity (Wildman–Crippen MR) is 91.6 cm³/mol. The van der Waals surface area contributed by atoms with Crippen LogP contribution in [0, 0.1) is 6.92 Å². The minimum absolute atomic E-state index is 0.0301. The van der Waals surface area contributed by atoms with E-state index in [1.54, 1.807) is 0 Å². The summed E-state index contributed by atoms with van der Waals surface area (Å²) in [5, 5.41) is 6.68. The molecule has 0 saturated carbocycles. The Labute approximate surface area is 133 Å². The molecular weight excluding hydrogens is 294 g/mol. The van der Waals surface area contributed by atoms with Crippen LogP contribution >= 0.6 is 11.3 Å². The zero-order chi connectivity index (χ0) is 15.7. The minimum Gasteiger partial charge on any atom is -0.358 e. The lowest BCUT2D eigenvalue weighted by molar-refractivity contribution is -0.115. The van der Waals surface area contributed by atoms with E-state index >= 15 is 0 Å². The molecule has 2 heterocycles. The fourth-order valence-electron chi connectivity index (χ4n) is 2.50. The summed E-state index contributed by atoms with van der Waals surface area (Å²) in [6, 6.07) is 8.05. The summed E-state index contributed by atoms with van der Waals surface area (Å²) in [4.78, 5) is 20.1. The van der Waals surface area contributed by atoms with Crippen molar-refractivity contribution in [3.05, 3.63) is 46.6 Å². The third kappa shape index (κ3) is 2.90. The Morgan fingerprint density at radius 1 is 1.36 bits per heavy atom. The number of aromatic amines is 1. The lowest BCUT2D eigenvalue weighted by atomic mass is 10.1. The Hall–Kier alpha value is -2.14. The molecule has 0 aliphatic heterocycles. The second kappa shape index (κ2) is 5.93. The number of para-hydroxylation sites is 1. The molecular formula is C17H19N3OS. The van der Waals surface area contributed by atoms with Crippen molar-refractivity contribution in [3.63, 3.8) is 0 Å². The molecule has 22 heavy (non-hydrogen) atoms. The first-order chi connectivity index (χ1) is 10.5. The first kappa shape index (κ1) is 14.8. The number of benzene rings is 1. The Morgan fingerprint density at radius 2 is 2.14 bits per heavy atom. The van der Waals surface area contributed by atoms with Gasteiger partial charge in [0.2, 0.25) is 5.91 Å². The van der Waals surface area contributed by atoms with Crippen LogP contribution in [0.4, 0.5) is 5.13 Å². The Morgan fingerprint density at radius 3 is 2.86 bits per heavy atom. The van der Waals surface area contributed by atoms with E-state index < -0.39 is 0 Å². The van der Waals surface area contributed by atoms with Crippen molar-refractivity contribution in [2.24, 2.45) is 0 Å². The molecule has 0 spiro atoms. The molecule has 1 aromatic carbocycles. The van der Waals surface area contributed by atoms with Crippen LogP contribution in [-0.4, -0.2) is 15.9 Å². The second-order valence-corrected chi connectivity index (χ2v) is 6.59. The highest BCUT2D eigenvalue weighted by molar-refractivity contribution is 7.13. The van der Waals surface area contributed by atoms with Gasteiger partial charge in [-0.15, -0.1) is 11.3 Å². The number of H-pyrrole nitrogens is 1. The molecule has 0 unspecified atom stereocenters. The van der Waals surface area contributed by atoms with E-state index in [9.17, 15) is 4.79 Å². The SMILES string of the molecule is Cc1[nH]c2ccccc2c1CC(=O)Nc1nc(C(C)C)cs1. The number of thiazole rings is 1. The van der Waals surface area contributed by atoms with Gasteiger partial charge in [0.25, 0.3) is 0 Å². The van der Waals surface area contributed by atoms with Gasteiger partial charge in [-0.2, -0.15) is 0 Å². The van der Waals surface area contributed by atoms with E-state index in [-0.39, 0.29) is 5.91 Å². The van der Waals surface area contributed by atoms with E-state index in [2.05, 4.69) is 29.1 Å². The largest absolute Gasteiger partial charge is 0.358 e. The molecule has 0 bridgehead atoms. The van der Waals surface area contributed by atoms with Crippen molar-refractivity contribution in [2.75, 3.05) is 5.32 Å². The van der Waals surface area contributed by atoms with Crippen LogP contribution in [0.15, 0.2) is 29.6 Å². The molecule has 2 N–H and O–H groups in total. The van der Waals surface area contributed by atoms with Crippen molar-refractivity contribution in [2.45, 2.75) is 33.1 Å². The number of amides is 1. The fraction of sp³-hybridized carbons (Fsp3) is 0.294. The van der Waals surface area contributed by atoms with Crippen LogP contribution in [0.5, 0.6) is 0 Å². The second-order valence-electron chi connectivity index (χ2n) is 5.73. The molecule has 3 rings (SSSR count). The first-order valence-electron chi connectivity index (χ1n) is 7.36. The predicted octanol–water partition coefficient (Wildman–Crippen LogP) is 4.24. The van der Waals surface area contributed by atoms with E-state index in [1.165, 1.54) is 11.3 Å². The number of hydrogen-bond donors (Lipinski definition) is 2. The van der Waals surface area contributed by atoms with Gasteiger partial charge in [-0.3, -0.25) is 4.79 Å². The summed E-state index contributed by atoms with van der Waals surface area (Å²) < 4.78 is 0. The number of anilines is 1. The molecule has 114 valence electrons. The Kier molecular flexibility index (Phi) is 3.98. The first-order valence-corrected chi connectivity index (χ1v) is 8.24. The molecule has 5 heteroatoms. The molecule has 1 amide bonds. The van der Waals surface area contributed by atoms with Crippen molar-refractivity contribution < 1.29 is 4.79 Å². The van der Waals surface area contributed by atoms with Crippen LogP contribution in [-0.2, 0) is 11.2 Å². The maximum atomic E-state index is 12.3. The zero-order valence-electron chi connectivity index (χ0n) is 12.9. The van der Waals surface area contributed by atoms with E-state index in [0.29, 0.717) is 17.5 Å². The normalized spacial score (nSPS) is 11.3. The quantitative estimate of drug-likeness (QED) is 0.757. The number of rotatable bonds is 4. The summed E-state index contributed by atoms with van der Waals surface area (Å²) in [6.07, 6.45) is 0.354. The average molecular weight is 313 g/mol. The highest BCUT2D eigenvalue weighted by Crippen LogP contribution is 2.24. The highest BCUT2D eigenvalue weighted by atomic mass is 32.1. The van der Waals surface area contributed by atoms with E-state index in [0.717, 1.165) is 27.9 Å². The lowest BCUT2D eigenvalue weighted by Gasteiger charge is -2.03. The van der Waals surface area contributed by atoms with Crippen LogP contribution in [0.3, 0.4) is 0 Å². The molecule has 2 aromatic heterocycles. The van der Waals surface area contributed by atoms with E-state index in [1.807, 2.05) is 36.6 Å². The van der Waals surface area contributed by atoms with Gasteiger partial charge in [0.1, 0.15) is 0 Å². The van der Waals surface area contributed by atoms with Gasteiger partial charge in [-0.05, 0) is 24.5 Å². The Bertz CT molecular complexity index is 816. The van der Waals surface area contributed by atoms with Crippen molar-refractivity contribution >= 4 is 33.3 Å². The zero-order valence-corrected chi connectivity index (χ0v) is 13.8. The molecule has 0 aliphatic rings. The summed E-state index contributed by atoms with van der Waals surface area (Å²) in [7, 11) is 0. The average Bonchev–Trinajstić information content (AvgIpc) is 3.05. The molecule has 0 radical (unpaired) electrons. The number of fused-ring (bicyclic) bond motifs is 1. The Balaban J connectivity index is 1.76. The maximum absolute atomic E-state index is 12.3. The number of carbonyl (C=O) groups excluding carboxylic acids is 1. The topological polar surface area (TPSA) is 57.8 Å². The van der Waals surface area contributed by atoms with Crippen molar-refractivity contribution in [3.8, 4) is 0 Å². The minimum atomic E-state index is -0.0301. The number of nitrogens with one attached hydrogen (secondary N) is 2. The molecule has 4 nitrogen and oxygen atoms in total. The van der Waals surface area contributed by atoms with Gasteiger partial charge in [0, 0.05) is 22.0 Å². The van der Waals surface area contributed by atoms with Gasteiger partial charge >= 0.3 is 0 Å². The van der Waals surface area contributed by atoms with Crippen LogP contribution in [0.25, 0.3) is 10.9 Å². The van der Waals surface area contributed by atoms with Gasteiger partial charge in [-0.25, -0.2) is 4.98 Å². The number of nitrogens with zero attached hydrogens (tertiary/aromatic N) is 1. The summed E-state index contributed by atoms with van der Waals surface area (Å²) in [5.74, 6) is 0.343. The highest BCUT2D eigenvalue weighted by Gasteiger charge is 2.14. The molecule has 0 saturated heterocycles. The molecule has 0 aliphatic carbocycles. The molecule has 0 atom stereocenters. The number of aryl methyl sites for hydroxylation is 1. The van der Waals surface area contributed by atoms with Crippen LogP contribution in [0.1, 0.15) is 36.7 Å². The summed E-state index contributed by atoms with van der Waals surface area (Å²) in [5.41, 5.74) is 4.18.